The molecule has 1 saturated carbocycles. The van der Waals surface area contributed by atoms with Crippen LogP contribution in [0, 0.1) is 11.3 Å². The Morgan fingerprint density at radius 1 is 1.36 bits per heavy atom. The molecule has 1 fully saturated rings. The van der Waals surface area contributed by atoms with Crippen LogP contribution in [0.25, 0.3) is 0 Å². The maximum Gasteiger partial charge on any atom is 0.0334 e. The van der Waals surface area contributed by atoms with E-state index in [0.717, 1.165) is 19.0 Å². The highest BCUT2D eigenvalue weighted by atomic mass is 15.2. The predicted molar refractivity (Wildman–Crippen MR) is 62.3 cm³/mol. The van der Waals surface area contributed by atoms with Gasteiger partial charge in [-0.05, 0) is 31.2 Å². The first-order valence-electron chi connectivity index (χ1n) is 5.70. The third-order valence-corrected chi connectivity index (χ3v) is 3.36. The molecule has 0 aliphatic heterocycles. The van der Waals surface area contributed by atoms with Gasteiger partial charge in [-0.1, -0.05) is 27.7 Å². The third kappa shape index (κ3) is 2.48. The third-order valence-electron chi connectivity index (χ3n) is 3.36. The molecule has 0 radical (unpaired) electrons. The van der Waals surface area contributed by atoms with Gasteiger partial charge in [-0.15, -0.1) is 0 Å². The van der Waals surface area contributed by atoms with E-state index in [2.05, 4.69) is 39.6 Å². The van der Waals surface area contributed by atoms with Gasteiger partial charge in [-0.3, -0.25) is 4.90 Å². The Hall–Kier alpha value is -0.0800. The molecule has 1 aliphatic carbocycles. The van der Waals surface area contributed by atoms with E-state index >= 15 is 0 Å². The largest absolute Gasteiger partial charge is 0.329 e. The fraction of sp³-hybridized carbons (Fsp3) is 1.00. The topological polar surface area (TPSA) is 29.3 Å². The first kappa shape index (κ1) is 12.0. The molecule has 2 nitrogen and oxygen atoms in total. The van der Waals surface area contributed by atoms with Crippen molar-refractivity contribution < 1.29 is 0 Å². The highest BCUT2D eigenvalue weighted by Crippen LogP contribution is 2.41. The van der Waals surface area contributed by atoms with Gasteiger partial charge in [0.25, 0.3) is 0 Å². The number of rotatable bonds is 3. The van der Waals surface area contributed by atoms with Crippen LogP contribution < -0.4 is 5.73 Å². The van der Waals surface area contributed by atoms with Crippen LogP contribution in [0.15, 0.2) is 0 Å². The molecular weight excluding hydrogens is 172 g/mol. The van der Waals surface area contributed by atoms with Crippen molar-refractivity contribution in [2.75, 3.05) is 20.1 Å². The van der Waals surface area contributed by atoms with E-state index < -0.39 is 0 Å². The number of nitrogens with two attached hydrogens (primary N) is 1. The maximum absolute atomic E-state index is 5.91. The fourth-order valence-corrected chi connectivity index (χ4v) is 2.75. The van der Waals surface area contributed by atoms with Crippen LogP contribution in [0.4, 0.5) is 0 Å². The molecule has 0 aromatic heterocycles. The summed E-state index contributed by atoms with van der Waals surface area (Å²) in [6.45, 7) is 11.1. The fourth-order valence-electron chi connectivity index (χ4n) is 2.75. The van der Waals surface area contributed by atoms with Crippen LogP contribution in [-0.4, -0.2) is 30.6 Å². The second kappa shape index (κ2) is 3.82. The molecule has 0 bridgehead atoms. The summed E-state index contributed by atoms with van der Waals surface area (Å²) < 4.78 is 0. The molecule has 1 aliphatic rings. The van der Waals surface area contributed by atoms with Crippen molar-refractivity contribution in [1.29, 1.82) is 0 Å². The van der Waals surface area contributed by atoms with Crippen molar-refractivity contribution in [2.45, 2.75) is 46.1 Å². The lowest BCUT2D eigenvalue weighted by atomic mass is 9.67. The molecule has 14 heavy (non-hydrogen) atoms. The molecular formula is C12H26N2. The van der Waals surface area contributed by atoms with E-state index in [-0.39, 0.29) is 0 Å². The summed E-state index contributed by atoms with van der Waals surface area (Å²) in [4.78, 5) is 2.48. The van der Waals surface area contributed by atoms with Gasteiger partial charge in [0.15, 0.2) is 0 Å². The van der Waals surface area contributed by atoms with E-state index in [1.54, 1.807) is 0 Å². The number of nitrogens with zero attached hydrogens (tertiary/aromatic N) is 1. The van der Waals surface area contributed by atoms with Crippen LogP contribution in [0.3, 0.4) is 0 Å². The summed E-state index contributed by atoms with van der Waals surface area (Å²) in [6.07, 6.45) is 2.55. The SMILES string of the molecule is CC1CC(CN)(N(C)CC(C)(C)C)C1. The van der Waals surface area contributed by atoms with Crippen molar-refractivity contribution >= 4 is 0 Å². The van der Waals surface area contributed by atoms with Crippen LogP contribution in [0.2, 0.25) is 0 Å². The zero-order valence-electron chi connectivity index (χ0n) is 10.4. The van der Waals surface area contributed by atoms with Crippen molar-refractivity contribution in [3.63, 3.8) is 0 Å². The van der Waals surface area contributed by atoms with Gasteiger partial charge in [0.2, 0.25) is 0 Å². The minimum absolute atomic E-state index is 0.312. The monoisotopic (exact) mass is 198 g/mol. The normalized spacial score (nSPS) is 33.2. The zero-order chi connectivity index (χ0) is 11.0. The second-order valence-electron chi connectivity index (χ2n) is 6.36. The van der Waals surface area contributed by atoms with Crippen molar-refractivity contribution in [1.82, 2.24) is 4.90 Å². The van der Waals surface area contributed by atoms with Gasteiger partial charge in [-0.2, -0.15) is 0 Å². The van der Waals surface area contributed by atoms with E-state index in [1.807, 2.05) is 0 Å². The molecule has 0 aromatic carbocycles. The molecule has 0 heterocycles. The maximum atomic E-state index is 5.91. The number of likely N-dealkylation sites (N-methyl/N-ethyl adjacent to an activating group) is 1. The first-order valence-corrected chi connectivity index (χ1v) is 5.70. The highest BCUT2D eigenvalue weighted by Gasteiger charge is 2.44. The average Bonchev–Trinajstić information content (AvgIpc) is 1.94. The molecule has 0 unspecified atom stereocenters. The minimum atomic E-state index is 0.312. The molecule has 0 atom stereocenters. The first-order chi connectivity index (χ1) is 6.29. The zero-order valence-corrected chi connectivity index (χ0v) is 10.4. The van der Waals surface area contributed by atoms with Gasteiger partial charge in [0, 0.05) is 18.6 Å². The van der Waals surface area contributed by atoms with Gasteiger partial charge in [0.1, 0.15) is 0 Å². The van der Waals surface area contributed by atoms with Gasteiger partial charge < -0.3 is 5.73 Å². The van der Waals surface area contributed by atoms with Gasteiger partial charge in [0.05, 0.1) is 0 Å². The molecule has 84 valence electrons. The molecule has 2 heteroatoms. The summed E-state index contributed by atoms with van der Waals surface area (Å²) in [5.41, 5.74) is 6.59. The predicted octanol–water partition coefficient (Wildman–Crippen LogP) is 2.09. The Morgan fingerprint density at radius 2 is 1.86 bits per heavy atom. The number of hydrogen-bond acceptors (Lipinski definition) is 2. The smallest absolute Gasteiger partial charge is 0.0334 e. The van der Waals surface area contributed by atoms with Crippen LogP contribution in [0.1, 0.15) is 40.5 Å². The van der Waals surface area contributed by atoms with Crippen molar-refractivity contribution in [3.05, 3.63) is 0 Å². The van der Waals surface area contributed by atoms with Crippen molar-refractivity contribution in [2.24, 2.45) is 17.1 Å². The molecule has 0 amide bonds. The molecule has 0 saturated heterocycles. The summed E-state index contributed by atoms with van der Waals surface area (Å²) >= 11 is 0. The summed E-state index contributed by atoms with van der Waals surface area (Å²) in [6, 6.07) is 0. The lowest BCUT2D eigenvalue weighted by Gasteiger charge is -2.53. The Bertz CT molecular complexity index is 187. The Labute approximate surface area is 88.8 Å². The lowest BCUT2D eigenvalue weighted by molar-refractivity contribution is -0.0122. The van der Waals surface area contributed by atoms with E-state index in [9.17, 15) is 0 Å². The molecule has 0 spiro atoms. The summed E-state index contributed by atoms with van der Waals surface area (Å²) in [5.74, 6) is 0.862. The van der Waals surface area contributed by atoms with Gasteiger partial charge >= 0.3 is 0 Å². The quantitative estimate of drug-likeness (QED) is 0.752. The summed E-state index contributed by atoms with van der Waals surface area (Å²) in [7, 11) is 2.23. The Balaban J connectivity index is 2.54. The molecule has 1 rings (SSSR count). The lowest BCUT2D eigenvalue weighted by Crippen LogP contribution is -2.61. The van der Waals surface area contributed by atoms with Crippen LogP contribution in [0.5, 0.6) is 0 Å². The Kier molecular flexibility index (Phi) is 3.27. The Morgan fingerprint density at radius 3 is 2.14 bits per heavy atom. The standard InChI is InChI=1S/C12H26N2/c1-10-6-12(7-10,8-13)14(5)9-11(2,3)4/h10H,6-9,13H2,1-5H3. The van der Waals surface area contributed by atoms with Gasteiger partial charge in [-0.25, -0.2) is 0 Å². The van der Waals surface area contributed by atoms with Crippen molar-refractivity contribution in [3.8, 4) is 0 Å². The van der Waals surface area contributed by atoms with Crippen LogP contribution in [-0.2, 0) is 0 Å². The number of hydrogen-bond donors (Lipinski definition) is 1. The van der Waals surface area contributed by atoms with E-state index in [0.29, 0.717) is 11.0 Å². The summed E-state index contributed by atoms with van der Waals surface area (Å²) in [5, 5.41) is 0. The minimum Gasteiger partial charge on any atom is -0.329 e. The average molecular weight is 198 g/mol. The molecule has 2 N–H and O–H groups in total. The van der Waals surface area contributed by atoms with Crippen LogP contribution >= 0.6 is 0 Å². The highest BCUT2D eigenvalue weighted by molar-refractivity contribution is 5.01. The second-order valence-corrected chi connectivity index (χ2v) is 6.36. The van der Waals surface area contributed by atoms with E-state index in [1.165, 1.54) is 12.8 Å². The van der Waals surface area contributed by atoms with E-state index in [4.69, 9.17) is 5.73 Å². The molecule has 0 aromatic rings.